The van der Waals surface area contributed by atoms with E-state index in [-0.39, 0.29) is 6.09 Å². The maximum Gasteiger partial charge on any atom is 0.407 e. The van der Waals surface area contributed by atoms with Crippen molar-refractivity contribution in [2.24, 2.45) is 11.7 Å². The first-order valence-corrected chi connectivity index (χ1v) is 15.9. The van der Waals surface area contributed by atoms with Crippen molar-refractivity contribution >= 4 is 12.1 Å². The van der Waals surface area contributed by atoms with E-state index in [1.807, 2.05) is 0 Å². The third-order valence-electron chi connectivity index (χ3n) is 7.41. The normalized spacial score (nSPS) is 12.8. The Morgan fingerprint density at radius 3 is 1.49 bits per heavy atom. The van der Waals surface area contributed by atoms with Crippen LogP contribution in [0.2, 0.25) is 0 Å². The van der Waals surface area contributed by atoms with Crippen LogP contribution >= 0.6 is 0 Å². The van der Waals surface area contributed by atoms with E-state index in [4.69, 9.17) is 15.6 Å². The van der Waals surface area contributed by atoms with Gasteiger partial charge in [-0.05, 0) is 38.0 Å². The number of nitrogens with two attached hydrogens (primary N) is 1. The Bertz CT molecular complexity index is 515. The van der Waals surface area contributed by atoms with Crippen molar-refractivity contribution in [2.75, 3.05) is 13.2 Å². The standard InChI is InChI=1S/C31H62N2O4/c1-3-5-7-9-11-13-14-16-18-20-24-28(23-19-17-15-12-10-8-6-4-2)27-37-31(36)33-26-22-21-25-29(32)30(34)35/h28-29H,3-27,32H2,1-2H3,(H,33,36)(H,34,35)/t28?,29-/m0/s1. The number of alkyl carbamates (subject to hydrolysis) is 1. The molecule has 6 nitrogen and oxygen atoms in total. The van der Waals surface area contributed by atoms with Gasteiger partial charge in [0, 0.05) is 6.54 Å². The molecule has 0 heterocycles. The van der Waals surface area contributed by atoms with Gasteiger partial charge in [0.1, 0.15) is 6.04 Å². The van der Waals surface area contributed by atoms with Crippen molar-refractivity contribution in [2.45, 2.75) is 168 Å². The number of carbonyl (C=O) groups is 2. The Kier molecular flexibility index (Phi) is 26.8. The first-order valence-electron chi connectivity index (χ1n) is 15.9. The molecule has 0 saturated carbocycles. The molecule has 0 bridgehead atoms. The van der Waals surface area contributed by atoms with E-state index in [0.717, 1.165) is 12.8 Å². The van der Waals surface area contributed by atoms with Crippen LogP contribution in [-0.4, -0.2) is 36.4 Å². The second-order valence-electron chi connectivity index (χ2n) is 11.1. The Hall–Kier alpha value is -1.30. The van der Waals surface area contributed by atoms with Crippen molar-refractivity contribution in [1.29, 1.82) is 0 Å². The molecule has 1 unspecified atom stereocenters. The second kappa shape index (κ2) is 27.7. The molecule has 0 aliphatic carbocycles. The van der Waals surface area contributed by atoms with Gasteiger partial charge in [0.2, 0.25) is 0 Å². The molecular formula is C31H62N2O4. The van der Waals surface area contributed by atoms with Crippen LogP contribution in [0.3, 0.4) is 0 Å². The molecule has 0 saturated heterocycles. The smallest absolute Gasteiger partial charge is 0.407 e. The van der Waals surface area contributed by atoms with Gasteiger partial charge >= 0.3 is 12.1 Å². The van der Waals surface area contributed by atoms with Gasteiger partial charge in [-0.15, -0.1) is 0 Å². The van der Waals surface area contributed by atoms with E-state index in [0.29, 0.717) is 38.3 Å². The van der Waals surface area contributed by atoms with E-state index in [1.165, 1.54) is 116 Å². The average molecular weight is 527 g/mol. The van der Waals surface area contributed by atoms with Crippen LogP contribution in [0.15, 0.2) is 0 Å². The fourth-order valence-corrected chi connectivity index (χ4v) is 4.85. The predicted molar refractivity (Wildman–Crippen MR) is 156 cm³/mol. The minimum atomic E-state index is -0.975. The molecule has 6 heteroatoms. The molecule has 0 spiro atoms. The van der Waals surface area contributed by atoms with Gasteiger partial charge in [-0.25, -0.2) is 4.79 Å². The number of carboxylic acids is 1. The molecule has 1 amide bonds. The summed E-state index contributed by atoms with van der Waals surface area (Å²) in [5.41, 5.74) is 5.51. The summed E-state index contributed by atoms with van der Waals surface area (Å²) in [5.74, 6) is -0.522. The molecule has 0 fully saturated rings. The van der Waals surface area contributed by atoms with Crippen molar-refractivity contribution in [3.8, 4) is 0 Å². The van der Waals surface area contributed by atoms with Gasteiger partial charge in [0.15, 0.2) is 0 Å². The zero-order valence-corrected chi connectivity index (χ0v) is 24.6. The number of ether oxygens (including phenoxy) is 1. The highest BCUT2D eigenvalue weighted by molar-refractivity contribution is 5.72. The molecule has 220 valence electrons. The number of amides is 1. The summed E-state index contributed by atoms with van der Waals surface area (Å²) in [5, 5.41) is 11.6. The molecule has 0 rings (SSSR count). The zero-order chi connectivity index (χ0) is 27.4. The molecule has 0 aromatic carbocycles. The molecule has 0 aromatic rings. The monoisotopic (exact) mass is 526 g/mol. The maximum atomic E-state index is 12.1. The van der Waals surface area contributed by atoms with E-state index >= 15 is 0 Å². The van der Waals surface area contributed by atoms with Gasteiger partial charge in [0.05, 0.1) is 6.61 Å². The van der Waals surface area contributed by atoms with Gasteiger partial charge in [0.25, 0.3) is 0 Å². The molecule has 37 heavy (non-hydrogen) atoms. The summed E-state index contributed by atoms with van der Waals surface area (Å²) in [6.07, 6.45) is 27.7. The lowest BCUT2D eigenvalue weighted by Crippen LogP contribution is -2.30. The molecule has 0 aromatic heterocycles. The van der Waals surface area contributed by atoms with E-state index in [9.17, 15) is 9.59 Å². The highest BCUT2D eigenvalue weighted by Gasteiger charge is 2.13. The van der Waals surface area contributed by atoms with Gasteiger partial charge in [-0.1, -0.05) is 129 Å². The van der Waals surface area contributed by atoms with Gasteiger partial charge in [-0.3, -0.25) is 4.79 Å². The molecular weight excluding hydrogens is 464 g/mol. The average Bonchev–Trinajstić information content (AvgIpc) is 2.88. The van der Waals surface area contributed by atoms with Crippen molar-refractivity contribution in [3.05, 3.63) is 0 Å². The molecule has 0 aliphatic rings. The number of carboxylic acid groups (broad SMARTS) is 1. The SMILES string of the molecule is CCCCCCCCCCCCC(CCCCCCCCCC)COC(=O)NCCCC[C@H](N)C(=O)O. The number of hydrogen-bond acceptors (Lipinski definition) is 4. The Morgan fingerprint density at radius 2 is 1.05 bits per heavy atom. The molecule has 0 aliphatic heterocycles. The van der Waals surface area contributed by atoms with Crippen molar-refractivity contribution in [1.82, 2.24) is 5.32 Å². The Morgan fingerprint density at radius 1 is 0.649 bits per heavy atom. The summed E-state index contributed by atoms with van der Waals surface area (Å²) in [6.45, 7) is 5.52. The van der Waals surface area contributed by atoms with Crippen LogP contribution in [0.1, 0.15) is 162 Å². The Labute approximate surface area is 229 Å². The number of nitrogens with one attached hydrogen (secondary N) is 1. The largest absolute Gasteiger partial charge is 0.480 e. The first-order chi connectivity index (χ1) is 18.0. The fourth-order valence-electron chi connectivity index (χ4n) is 4.85. The topological polar surface area (TPSA) is 102 Å². The van der Waals surface area contributed by atoms with Crippen molar-refractivity contribution in [3.63, 3.8) is 0 Å². The van der Waals surface area contributed by atoms with Gasteiger partial charge in [-0.2, -0.15) is 0 Å². The summed E-state index contributed by atoms with van der Waals surface area (Å²) >= 11 is 0. The number of unbranched alkanes of at least 4 members (excludes halogenated alkanes) is 17. The molecule has 2 atom stereocenters. The minimum absolute atomic E-state index is 0.355. The van der Waals surface area contributed by atoms with E-state index in [2.05, 4.69) is 19.2 Å². The molecule has 4 N–H and O–H groups in total. The predicted octanol–water partition coefficient (Wildman–Crippen LogP) is 8.75. The number of aliphatic carboxylic acids is 1. The maximum absolute atomic E-state index is 12.1. The van der Waals surface area contributed by atoms with Crippen LogP contribution in [0.5, 0.6) is 0 Å². The number of carbonyl (C=O) groups excluding carboxylic acids is 1. The summed E-state index contributed by atoms with van der Waals surface area (Å²) in [7, 11) is 0. The fraction of sp³-hybridized carbons (Fsp3) is 0.935. The molecule has 0 radical (unpaired) electrons. The van der Waals surface area contributed by atoms with Crippen LogP contribution < -0.4 is 11.1 Å². The third kappa shape index (κ3) is 26.1. The van der Waals surface area contributed by atoms with Crippen LogP contribution in [0.25, 0.3) is 0 Å². The summed E-state index contributed by atoms with van der Waals surface area (Å²) in [4.78, 5) is 22.9. The number of hydrogen-bond donors (Lipinski definition) is 3. The lowest BCUT2D eigenvalue weighted by atomic mass is 9.94. The van der Waals surface area contributed by atoms with E-state index in [1.54, 1.807) is 0 Å². The zero-order valence-electron chi connectivity index (χ0n) is 24.6. The summed E-state index contributed by atoms with van der Waals surface area (Å²) in [6, 6.07) is -0.824. The number of rotatable bonds is 28. The van der Waals surface area contributed by atoms with E-state index < -0.39 is 12.0 Å². The van der Waals surface area contributed by atoms with Crippen molar-refractivity contribution < 1.29 is 19.4 Å². The third-order valence-corrected chi connectivity index (χ3v) is 7.41. The van der Waals surface area contributed by atoms with Crippen LogP contribution in [0.4, 0.5) is 4.79 Å². The minimum Gasteiger partial charge on any atom is -0.480 e. The highest BCUT2D eigenvalue weighted by Crippen LogP contribution is 2.20. The summed E-state index contributed by atoms with van der Waals surface area (Å²) < 4.78 is 5.57. The Balaban J connectivity index is 4.09. The van der Waals surface area contributed by atoms with Crippen LogP contribution in [0, 0.1) is 5.92 Å². The lowest BCUT2D eigenvalue weighted by Gasteiger charge is -2.17. The second-order valence-corrected chi connectivity index (χ2v) is 11.1. The van der Waals surface area contributed by atoms with Gasteiger partial charge < -0.3 is 20.9 Å². The first kappa shape index (κ1) is 35.7. The highest BCUT2D eigenvalue weighted by atomic mass is 16.5. The lowest BCUT2D eigenvalue weighted by molar-refractivity contribution is -0.138. The van der Waals surface area contributed by atoms with Crippen LogP contribution in [-0.2, 0) is 9.53 Å². The quantitative estimate of drug-likeness (QED) is 0.0884.